The fourth-order valence-electron chi connectivity index (χ4n) is 4.02. The third kappa shape index (κ3) is 4.07. The fourth-order valence-corrected chi connectivity index (χ4v) is 5.06. The van der Waals surface area contributed by atoms with E-state index in [0.717, 1.165) is 28.3 Å². The van der Waals surface area contributed by atoms with Crippen LogP contribution in [0.15, 0.2) is 65.6 Å². The summed E-state index contributed by atoms with van der Waals surface area (Å²) < 4.78 is 0. The quantitative estimate of drug-likeness (QED) is 0.562. The van der Waals surface area contributed by atoms with Crippen molar-refractivity contribution < 1.29 is 14.4 Å². The molecular formula is C23H25N3O3S. The number of carbonyl (C=O) groups excluding carboxylic acids is 3. The van der Waals surface area contributed by atoms with Gasteiger partial charge >= 0.3 is 6.03 Å². The molecule has 7 heteroatoms. The number of thioether (sulfide) groups is 1. The number of nitrogens with one attached hydrogen (secondary N) is 2. The van der Waals surface area contributed by atoms with Crippen LogP contribution in [0.4, 0.5) is 4.79 Å². The summed E-state index contributed by atoms with van der Waals surface area (Å²) in [5.41, 5.74) is 2.51. The molecule has 0 radical (unpaired) electrons. The third-order valence-electron chi connectivity index (χ3n) is 5.85. The Morgan fingerprint density at radius 1 is 1.07 bits per heavy atom. The van der Waals surface area contributed by atoms with Crippen LogP contribution < -0.4 is 10.7 Å². The second-order valence-electron chi connectivity index (χ2n) is 8.03. The van der Waals surface area contributed by atoms with Gasteiger partial charge in [-0.25, -0.2) is 4.79 Å². The number of imide groups is 1. The summed E-state index contributed by atoms with van der Waals surface area (Å²) in [5.74, 6) is -0.224. The lowest BCUT2D eigenvalue weighted by Crippen LogP contribution is -2.52. The van der Waals surface area contributed by atoms with Gasteiger partial charge in [-0.1, -0.05) is 55.5 Å². The highest BCUT2D eigenvalue weighted by atomic mass is 32.2. The van der Waals surface area contributed by atoms with Crippen molar-refractivity contribution in [2.45, 2.75) is 48.3 Å². The van der Waals surface area contributed by atoms with Gasteiger partial charge in [0.05, 0.1) is 0 Å². The van der Waals surface area contributed by atoms with Gasteiger partial charge in [0.1, 0.15) is 10.8 Å². The molecule has 2 aromatic rings. The molecular weight excluding hydrogens is 398 g/mol. The molecule has 1 saturated heterocycles. The normalized spacial score (nSPS) is 24.6. The van der Waals surface area contributed by atoms with Crippen molar-refractivity contribution in [1.82, 2.24) is 15.8 Å². The standard InChI is InChI=1S/C23H25N3O3S/c1-16-12-14-23(15-13-16)21(28)26(22(29)24-23)25-20(27)19(17-8-4-2-5-9-17)30-18-10-6-3-7-11-18/h2-11,16,19H,12-15H2,1H3,(H,24,29)(H,25,27)/t16?,19-,23?/m0/s1. The Bertz CT molecular complexity index is 927. The molecule has 2 N–H and O–H groups in total. The molecule has 30 heavy (non-hydrogen) atoms. The van der Waals surface area contributed by atoms with Crippen molar-refractivity contribution in [3.63, 3.8) is 0 Å². The van der Waals surface area contributed by atoms with Gasteiger partial charge < -0.3 is 5.32 Å². The first-order valence-electron chi connectivity index (χ1n) is 10.2. The summed E-state index contributed by atoms with van der Waals surface area (Å²) in [6.07, 6.45) is 2.96. The molecule has 156 valence electrons. The van der Waals surface area contributed by atoms with Crippen molar-refractivity contribution in [2.75, 3.05) is 0 Å². The Kier molecular flexibility index (Phi) is 5.81. The first kappa shape index (κ1) is 20.5. The lowest BCUT2D eigenvalue weighted by Gasteiger charge is -2.33. The highest BCUT2D eigenvalue weighted by molar-refractivity contribution is 8.00. The zero-order chi connectivity index (χ0) is 21.1. The number of nitrogens with zero attached hydrogens (tertiary/aromatic N) is 1. The van der Waals surface area contributed by atoms with Crippen LogP contribution in [0, 0.1) is 5.92 Å². The van der Waals surface area contributed by atoms with Crippen molar-refractivity contribution in [3.8, 4) is 0 Å². The van der Waals surface area contributed by atoms with Crippen molar-refractivity contribution >= 4 is 29.6 Å². The molecule has 4 rings (SSSR count). The number of rotatable bonds is 5. The number of benzene rings is 2. The highest BCUT2D eigenvalue weighted by Gasteiger charge is 2.53. The van der Waals surface area contributed by atoms with Gasteiger partial charge in [0.15, 0.2) is 0 Å². The molecule has 0 aromatic heterocycles. The minimum absolute atomic E-state index is 0.357. The second kappa shape index (κ2) is 8.52. The molecule has 0 unspecified atom stereocenters. The number of hydrazine groups is 1. The Balaban J connectivity index is 1.53. The summed E-state index contributed by atoms with van der Waals surface area (Å²) in [6.45, 7) is 2.15. The average molecular weight is 424 g/mol. The Morgan fingerprint density at radius 2 is 1.67 bits per heavy atom. The predicted octanol–water partition coefficient (Wildman–Crippen LogP) is 4.05. The molecule has 2 aliphatic rings. The monoisotopic (exact) mass is 423 g/mol. The average Bonchev–Trinajstić information content (AvgIpc) is 2.99. The van der Waals surface area contributed by atoms with E-state index in [0.29, 0.717) is 18.8 Å². The number of hydrogen-bond acceptors (Lipinski definition) is 4. The molecule has 1 atom stereocenters. The molecule has 6 nitrogen and oxygen atoms in total. The van der Waals surface area contributed by atoms with E-state index in [1.807, 2.05) is 60.7 Å². The zero-order valence-electron chi connectivity index (χ0n) is 16.8. The van der Waals surface area contributed by atoms with Crippen LogP contribution in [0.1, 0.15) is 43.4 Å². The minimum atomic E-state index is -0.883. The van der Waals surface area contributed by atoms with Gasteiger partial charge in [0, 0.05) is 4.90 Å². The third-order valence-corrected chi connectivity index (χ3v) is 7.12. The molecule has 1 aliphatic carbocycles. The second-order valence-corrected chi connectivity index (χ2v) is 9.21. The van der Waals surface area contributed by atoms with Crippen LogP contribution in [0.2, 0.25) is 0 Å². The fraction of sp³-hybridized carbons (Fsp3) is 0.348. The molecule has 2 fully saturated rings. The van der Waals surface area contributed by atoms with E-state index in [2.05, 4.69) is 17.7 Å². The van der Waals surface area contributed by atoms with Crippen LogP contribution in [0.3, 0.4) is 0 Å². The summed E-state index contributed by atoms with van der Waals surface area (Å²) >= 11 is 1.38. The first-order chi connectivity index (χ1) is 14.5. The lowest BCUT2D eigenvalue weighted by molar-refractivity contribution is -0.140. The minimum Gasteiger partial charge on any atom is -0.322 e. The van der Waals surface area contributed by atoms with Gasteiger partial charge in [-0.2, -0.15) is 5.01 Å². The van der Waals surface area contributed by atoms with E-state index in [1.165, 1.54) is 11.8 Å². The van der Waals surface area contributed by atoms with E-state index in [-0.39, 0.29) is 5.91 Å². The van der Waals surface area contributed by atoms with Crippen LogP contribution in [0.25, 0.3) is 0 Å². The SMILES string of the molecule is CC1CCC2(CC1)NC(=O)N(NC(=O)[C@@H](Sc1ccccc1)c1ccccc1)C2=O. The summed E-state index contributed by atoms with van der Waals surface area (Å²) in [7, 11) is 0. The maximum absolute atomic E-state index is 13.2. The Morgan fingerprint density at radius 3 is 2.30 bits per heavy atom. The molecule has 2 aromatic carbocycles. The maximum Gasteiger partial charge on any atom is 0.344 e. The van der Waals surface area contributed by atoms with Crippen molar-refractivity contribution in [1.29, 1.82) is 0 Å². The number of urea groups is 1. The van der Waals surface area contributed by atoms with E-state index in [9.17, 15) is 14.4 Å². The summed E-state index contributed by atoms with van der Waals surface area (Å²) in [5, 5.41) is 3.11. The van der Waals surface area contributed by atoms with Gasteiger partial charge in [-0.15, -0.1) is 11.8 Å². The predicted molar refractivity (Wildman–Crippen MR) is 115 cm³/mol. The molecule has 1 spiro atoms. The molecule has 0 bridgehead atoms. The smallest absolute Gasteiger partial charge is 0.322 e. The van der Waals surface area contributed by atoms with Crippen LogP contribution in [0.5, 0.6) is 0 Å². The number of carbonyl (C=O) groups is 3. The van der Waals surface area contributed by atoms with Gasteiger partial charge in [-0.3, -0.25) is 15.0 Å². The molecule has 4 amide bonds. The van der Waals surface area contributed by atoms with Gasteiger partial charge in [0.25, 0.3) is 11.8 Å². The molecule has 1 heterocycles. The van der Waals surface area contributed by atoms with Crippen LogP contribution in [-0.4, -0.2) is 28.4 Å². The van der Waals surface area contributed by atoms with E-state index < -0.39 is 22.7 Å². The summed E-state index contributed by atoms with van der Waals surface area (Å²) in [4.78, 5) is 39.8. The van der Waals surface area contributed by atoms with Crippen molar-refractivity contribution in [2.24, 2.45) is 5.92 Å². The summed E-state index contributed by atoms with van der Waals surface area (Å²) in [6, 6.07) is 18.4. The molecule has 1 saturated carbocycles. The van der Waals surface area contributed by atoms with Crippen LogP contribution in [-0.2, 0) is 9.59 Å². The van der Waals surface area contributed by atoms with Gasteiger partial charge in [0.2, 0.25) is 0 Å². The largest absolute Gasteiger partial charge is 0.344 e. The first-order valence-corrected chi connectivity index (χ1v) is 11.1. The maximum atomic E-state index is 13.2. The Labute approximate surface area is 180 Å². The highest BCUT2D eigenvalue weighted by Crippen LogP contribution is 2.37. The number of hydrogen-bond donors (Lipinski definition) is 2. The topological polar surface area (TPSA) is 78.5 Å². The Hall–Kier alpha value is -2.80. The lowest BCUT2D eigenvalue weighted by atomic mass is 9.77. The van der Waals surface area contributed by atoms with Crippen molar-refractivity contribution in [3.05, 3.63) is 66.2 Å². The van der Waals surface area contributed by atoms with E-state index >= 15 is 0 Å². The number of amides is 4. The van der Waals surface area contributed by atoms with Gasteiger partial charge in [-0.05, 0) is 49.3 Å². The van der Waals surface area contributed by atoms with E-state index in [1.54, 1.807) is 0 Å². The van der Waals surface area contributed by atoms with E-state index in [4.69, 9.17) is 0 Å². The zero-order valence-corrected chi connectivity index (χ0v) is 17.7. The molecule has 1 aliphatic heterocycles. The van der Waals surface area contributed by atoms with Crippen LogP contribution >= 0.6 is 11.8 Å².